The zero-order chi connectivity index (χ0) is 15.0. The van der Waals surface area contributed by atoms with Gasteiger partial charge in [-0.25, -0.2) is 9.37 Å². The summed E-state index contributed by atoms with van der Waals surface area (Å²) in [6.45, 7) is 3.51. The van der Waals surface area contributed by atoms with Gasteiger partial charge in [-0.05, 0) is 13.0 Å². The van der Waals surface area contributed by atoms with E-state index in [4.69, 9.17) is 16.3 Å². The molecule has 0 saturated heterocycles. The SMILES string of the molecule is COCc1nnc2n1[C@@H](C)CN(c1ncc(Cl)cc1F)C2. The summed E-state index contributed by atoms with van der Waals surface area (Å²) in [7, 11) is 1.62. The van der Waals surface area contributed by atoms with Crippen LogP contribution in [0.3, 0.4) is 0 Å². The van der Waals surface area contributed by atoms with E-state index >= 15 is 0 Å². The molecule has 0 N–H and O–H groups in total. The largest absolute Gasteiger partial charge is 0.377 e. The van der Waals surface area contributed by atoms with Gasteiger partial charge in [0.05, 0.1) is 17.6 Å². The minimum Gasteiger partial charge on any atom is -0.377 e. The van der Waals surface area contributed by atoms with Gasteiger partial charge in [-0.15, -0.1) is 10.2 Å². The van der Waals surface area contributed by atoms with Crippen molar-refractivity contribution in [2.75, 3.05) is 18.6 Å². The number of hydrogen-bond donors (Lipinski definition) is 0. The Morgan fingerprint density at radius 3 is 3.00 bits per heavy atom. The highest BCUT2D eigenvalue weighted by Crippen LogP contribution is 2.27. The van der Waals surface area contributed by atoms with Gasteiger partial charge in [0.1, 0.15) is 6.61 Å². The van der Waals surface area contributed by atoms with E-state index in [1.54, 1.807) is 7.11 Å². The van der Waals surface area contributed by atoms with Gasteiger partial charge in [0, 0.05) is 19.9 Å². The van der Waals surface area contributed by atoms with Crippen molar-refractivity contribution < 1.29 is 9.13 Å². The zero-order valence-electron chi connectivity index (χ0n) is 11.8. The minimum atomic E-state index is -0.431. The quantitative estimate of drug-likeness (QED) is 0.869. The van der Waals surface area contributed by atoms with Crippen LogP contribution in [0, 0.1) is 5.82 Å². The Hall–Kier alpha value is -1.73. The number of ether oxygens (including phenoxy) is 1. The average molecular weight is 312 g/mol. The van der Waals surface area contributed by atoms with Crippen LogP contribution < -0.4 is 4.90 Å². The van der Waals surface area contributed by atoms with Gasteiger partial charge in [0.2, 0.25) is 0 Å². The molecule has 1 atom stereocenters. The molecule has 1 aliphatic rings. The van der Waals surface area contributed by atoms with E-state index in [0.717, 1.165) is 11.6 Å². The second kappa shape index (κ2) is 5.57. The third-order valence-electron chi connectivity index (χ3n) is 3.46. The van der Waals surface area contributed by atoms with Crippen molar-refractivity contribution in [1.82, 2.24) is 19.7 Å². The molecule has 0 radical (unpaired) electrons. The topological polar surface area (TPSA) is 56.1 Å². The molecule has 2 aromatic rings. The highest BCUT2D eigenvalue weighted by atomic mass is 35.5. The van der Waals surface area contributed by atoms with Gasteiger partial charge < -0.3 is 14.2 Å². The number of halogens is 2. The van der Waals surface area contributed by atoms with Gasteiger partial charge in [-0.3, -0.25) is 0 Å². The van der Waals surface area contributed by atoms with E-state index in [0.29, 0.717) is 19.7 Å². The summed E-state index contributed by atoms with van der Waals surface area (Å²) < 4.78 is 21.2. The van der Waals surface area contributed by atoms with Crippen LogP contribution in [0.25, 0.3) is 0 Å². The lowest BCUT2D eigenvalue weighted by Gasteiger charge is -2.33. The molecular weight excluding hydrogens is 297 g/mol. The van der Waals surface area contributed by atoms with Crippen molar-refractivity contribution in [2.24, 2.45) is 0 Å². The smallest absolute Gasteiger partial charge is 0.167 e. The Morgan fingerprint density at radius 2 is 2.29 bits per heavy atom. The Bertz CT molecular complexity index is 662. The monoisotopic (exact) mass is 311 g/mol. The van der Waals surface area contributed by atoms with Crippen molar-refractivity contribution in [3.8, 4) is 0 Å². The first-order chi connectivity index (χ1) is 10.1. The third-order valence-corrected chi connectivity index (χ3v) is 3.66. The first-order valence-electron chi connectivity index (χ1n) is 6.57. The van der Waals surface area contributed by atoms with Gasteiger partial charge in [-0.1, -0.05) is 11.6 Å². The van der Waals surface area contributed by atoms with Crippen molar-refractivity contribution in [2.45, 2.75) is 26.1 Å². The predicted octanol–water partition coefficient (Wildman–Crippen LogP) is 2.19. The maximum Gasteiger partial charge on any atom is 0.167 e. The molecule has 0 bridgehead atoms. The summed E-state index contributed by atoms with van der Waals surface area (Å²) in [6, 6.07) is 1.37. The fourth-order valence-corrected chi connectivity index (χ4v) is 2.79. The normalized spacial score (nSPS) is 17.9. The second-order valence-corrected chi connectivity index (χ2v) is 5.46. The van der Waals surface area contributed by atoms with Crippen LogP contribution in [0.5, 0.6) is 0 Å². The fourth-order valence-electron chi connectivity index (χ4n) is 2.64. The molecule has 0 saturated carbocycles. The average Bonchev–Trinajstić information content (AvgIpc) is 2.83. The summed E-state index contributed by atoms with van der Waals surface area (Å²) in [5.74, 6) is 1.41. The first-order valence-corrected chi connectivity index (χ1v) is 6.95. The molecule has 112 valence electrons. The molecule has 2 aromatic heterocycles. The lowest BCUT2D eigenvalue weighted by molar-refractivity contribution is 0.171. The van der Waals surface area contributed by atoms with E-state index in [9.17, 15) is 4.39 Å². The number of pyridine rings is 1. The Kier molecular flexibility index (Phi) is 3.77. The maximum atomic E-state index is 14.0. The lowest BCUT2D eigenvalue weighted by atomic mass is 10.2. The standard InChI is InChI=1S/C13H15ClFN5O/c1-8-5-19(13-10(15)3-9(14)4-16-13)6-11-17-18-12(7-21-2)20(8)11/h3-4,8H,5-7H2,1-2H3/t8-/m0/s1. The number of hydrogen-bond acceptors (Lipinski definition) is 5. The van der Waals surface area contributed by atoms with E-state index in [1.165, 1.54) is 12.3 Å². The van der Waals surface area contributed by atoms with Crippen molar-refractivity contribution in [1.29, 1.82) is 0 Å². The van der Waals surface area contributed by atoms with E-state index in [-0.39, 0.29) is 16.9 Å². The molecule has 3 heterocycles. The van der Waals surface area contributed by atoms with Gasteiger partial charge in [-0.2, -0.15) is 0 Å². The zero-order valence-corrected chi connectivity index (χ0v) is 12.5. The van der Waals surface area contributed by atoms with Crippen LogP contribution in [0.4, 0.5) is 10.2 Å². The van der Waals surface area contributed by atoms with Gasteiger partial charge in [0.25, 0.3) is 0 Å². The van der Waals surface area contributed by atoms with Gasteiger partial charge >= 0.3 is 0 Å². The number of anilines is 1. The number of rotatable bonds is 3. The fraction of sp³-hybridized carbons (Fsp3) is 0.462. The van der Waals surface area contributed by atoms with Crippen molar-refractivity contribution >= 4 is 17.4 Å². The lowest BCUT2D eigenvalue weighted by Crippen LogP contribution is -2.38. The van der Waals surface area contributed by atoms with Crippen LogP contribution in [0.2, 0.25) is 5.02 Å². The number of methoxy groups -OCH3 is 1. The summed E-state index contributed by atoms with van der Waals surface area (Å²) in [6.07, 6.45) is 1.44. The second-order valence-electron chi connectivity index (χ2n) is 5.02. The Balaban J connectivity index is 1.91. The molecule has 0 unspecified atom stereocenters. The Morgan fingerprint density at radius 1 is 1.48 bits per heavy atom. The molecule has 0 fully saturated rings. The summed E-state index contributed by atoms with van der Waals surface area (Å²) in [4.78, 5) is 5.93. The molecule has 3 rings (SSSR count). The van der Waals surface area contributed by atoms with Crippen LogP contribution in [-0.4, -0.2) is 33.4 Å². The summed E-state index contributed by atoms with van der Waals surface area (Å²) >= 11 is 5.74. The molecule has 8 heteroatoms. The summed E-state index contributed by atoms with van der Waals surface area (Å²) in [5, 5.41) is 8.58. The molecule has 0 aromatic carbocycles. The summed E-state index contributed by atoms with van der Waals surface area (Å²) in [5.41, 5.74) is 0. The predicted molar refractivity (Wildman–Crippen MR) is 75.7 cm³/mol. The van der Waals surface area contributed by atoms with Crippen LogP contribution in [-0.2, 0) is 17.9 Å². The molecule has 6 nitrogen and oxygen atoms in total. The number of aromatic nitrogens is 4. The molecular formula is C13H15ClFN5O. The van der Waals surface area contributed by atoms with Gasteiger partial charge in [0.15, 0.2) is 23.3 Å². The molecule has 1 aliphatic heterocycles. The molecule has 0 spiro atoms. The highest BCUT2D eigenvalue weighted by Gasteiger charge is 2.28. The highest BCUT2D eigenvalue weighted by molar-refractivity contribution is 6.30. The van der Waals surface area contributed by atoms with Crippen LogP contribution in [0.15, 0.2) is 12.3 Å². The molecule has 21 heavy (non-hydrogen) atoms. The van der Waals surface area contributed by atoms with Crippen LogP contribution >= 0.6 is 11.6 Å². The van der Waals surface area contributed by atoms with E-state index < -0.39 is 5.82 Å². The van der Waals surface area contributed by atoms with Crippen LogP contribution in [0.1, 0.15) is 24.6 Å². The molecule has 0 amide bonds. The minimum absolute atomic E-state index is 0.103. The molecule has 0 aliphatic carbocycles. The Labute approximate surface area is 126 Å². The first kappa shape index (κ1) is 14.2. The number of fused-ring (bicyclic) bond motifs is 1. The van der Waals surface area contributed by atoms with Crippen molar-refractivity contribution in [3.05, 3.63) is 34.8 Å². The maximum absolute atomic E-state index is 14.0. The number of nitrogens with zero attached hydrogens (tertiary/aromatic N) is 5. The van der Waals surface area contributed by atoms with E-state index in [2.05, 4.69) is 15.2 Å². The third kappa shape index (κ3) is 2.58. The van der Waals surface area contributed by atoms with E-state index in [1.807, 2.05) is 16.4 Å². The van der Waals surface area contributed by atoms with Crippen molar-refractivity contribution in [3.63, 3.8) is 0 Å².